The van der Waals surface area contributed by atoms with Crippen molar-refractivity contribution < 1.29 is 4.39 Å². The standard InChI is InChI=1S/C13H18FNS2/c1-2-15-13(12-9-16-7-8-17-12)10-5-3-4-6-11(10)14/h3-6,12-13,15H,2,7-9H2,1H3. The van der Waals surface area contributed by atoms with Crippen LogP contribution in [0.4, 0.5) is 4.39 Å². The average Bonchev–Trinajstić information content (AvgIpc) is 2.38. The van der Waals surface area contributed by atoms with Crippen molar-refractivity contribution in [3.63, 3.8) is 0 Å². The average molecular weight is 271 g/mol. The molecule has 1 nitrogen and oxygen atoms in total. The molecule has 1 aliphatic rings. The van der Waals surface area contributed by atoms with Crippen LogP contribution in [-0.2, 0) is 0 Å². The predicted molar refractivity (Wildman–Crippen MR) is 76.4 cm³/mol. The second-order valence-corrected chi connectivity index (χ2v) is 6.54. The van der Waals surface area contributed by atoms with Crippen LogP contribution in [0.2, 0.25) is 0 Å². The Morgan fingerprint density at radius 2 is 2.24 bits per heavy atom. The molecule has 4 heteroatoms. The third-order valence-electron chi connectivity index (χ3n) is 2.88. The van der Waals surface area contributed by atoms with Crippen LogP contribution in [0, 0.1) is 5.82 Å². The number of hydrogen-bond acceptors (Lipinski definition) is 3. The van der Waals surface area contributed by atoms with Gasteiger partial charge in [0.1, 0.15) is 5.82 Å². The summed E-state index contributed by atoms with van der Waals surface area (Å²) in [5.74, 6) is 3.41. The third kappa shape index (κ3) is 3.39. The van der Waals surface area contributed by atoms with Crippen LogP contribution in [0.25, 0.3) is 0 Å². The highest BCUT2D eigenvalue weighted by atomic mass is 32.2. The van der Waals surface area contributed by atoms with Crippen LogP contribution in [0.5, 0.6) is 0 Å². The zero-order valence-corrected chi connectivity index (χ0v) is 11.6. The van der Waals surface area contributed by atoms with Crippen molar-refractivity contribution in [2.75, 3.05) is 23.8 Å². The number of halogens is 1. The zero-order chi connectivity index (χ0) is 12.1. The van der Waals surface area contributed by atoms with Crippen LogP contribution in [0.3, 0.4) is 0 Å². The van der Waals surface area contributed by atoms with Gasteiger partial charge in [0.2, 0.25) is 0 Å². The molecule has 0 bridgehead atoms. The number of thioether (sulfide) groups is 2. The summed E-state index contributed by atoms with van der Waals surface area (Å²) >= 11 is 3.94. The molecule has 94 valence electrons. The van der Waals surface area contributed by atoms with Crippen LogP contribution in [-0.4, -0.2) is 29.1 Å². The predicted octanol–water partition coefficient (Wildman–Crippen LogP) is 3.32. The maximum Gasteiger partial charge on any atom is 0.128 e. The summed E-state index contributed by atoms with van der Waals surface area (Å²) in [6.07, 6.45) is 0. The fourth-order valence-corrected chi connectivity index (χ4v) is 4.95. The van der Waals surface area contributed by atoms with E-state index >= 15 is 0 Å². The van der Waals surface area contributed by atoms with E-state index in [1.807, 2.05) is 35.7 Å². The van der Waals surface area contributed by atoms with Crippen molar-refractivity contribution in [3.8, 4) is 0 Å². The minimum Gasteiger partial charge on any atom is -0.309 e. The first-order chi connectivity index (χ1) is 8.33. The molecule has 1 fully saturated rings. The molecule has 1 N–H and O–H groups in total. The lowest BCUT2D eigenvalue weighted by Gasteiger charge is -2.30. The second-order valence-electron chi connectivity index (χ2n) is 4.04. The van der Waals surface area contributed by atoms with E-state index in [0.29, 0.717) is 5.25 Å². The van der Waals surface area contributed by atoms with E-state index in [-0.39, 0.29) is 11.9 Å². The summed E-state index contributed by atoms with van der Waals surface area (Å²) < 4.78 is 13.9. The molecule has 0 spiro atoms. The van der Waals surface area contributed by atoms with Crippen molar-refractivity contribution in [3.05, 3.63) is 35.6 Å². The summed E-state index contributed by atoms with van der Waals surface area (Å²) in [4.78, 5) is 0. The topological polar surface area (TPSA) is 12.0 Å². The molecule has 17 heavy (non-hydrogen) atoms. The van der Waals surface area contributed by atoms with Gasteiger partial charge in [0, 0.05) is 34.1 Å². The van der Waals surface area contributed by atoms with E-state index in [9.17, 15) is 4.39 Å². The van der Waals surface area contributed by atoms with E-state index in [1.54, 1.807) is 12.1 Å². The molecule has 1 heterocycles. The van der Waals surface area contributed by atoms with Gasteiger partial charge in [-0.15, -0.1) is 0 Å². The van der Waals surface area contributed by atoms with Crippen molar-refractivity contribution in [2.24, 2.45) is 0 Å². The SMILES string of the molecule is CCNC(c1ccccc1F)C1CSCCS1. The number of benzene rings is 1. The molecule has 1 aromatic carbocycles. The third-order valence-corrected chi connectivity index (χ3v) is 5.74. The Hall–Kier alpha value is -0.190. The fourth-order valence-electron chi connectivity index (χ4n) is 2.09. The first kappa shape index (κ1) is 13.2. The van der Waals surface area contributed by atoms with E-state index in [2.05, 4.69) is 12.2 Å². The highest BCUT2D eigenvalue weighted by Crippen LogP contribution is 2.34. The molecule has 1 saturated heterocycles. The van der Waals surface area contributed by atoms with Crippen molar-refractivity contribution in [2.45, 2.75) is 18.2 Å². The van der Waals surface area contributed by atoms with E-state index in [0.717, 1.165) is 17.9 Å². The summed E-state index contributed by atoms with van der Waals surface area (Å²) in [6.45, 7) is 2.95. The van der Waals surface area contributed by atoms with Gasteiger partial charge in [-0.2, -0.15) is 23.5 Å². The molecule has 2 unspecified atom stereocenters. The maximum absolute atomic E-state index is 13.9. The van der Waals surface area contributed by atoms with E-state index < -0.39 is 0 Å². The molecule has 0 radical (unpaired) electrons. The van der Waals surface area contributed by atoms with Gasteiger partial charge < -0.3 is 5.32 Å². The van der Waals surface area contributed by atoms with Gasteiger partial charge in [-0.25, -0.2) is 4.39 Å². The quantitative estimate of drug-likeness (QED) is 0.902. The van der Waals surface area contributed by atoms with Crippen molar-refractivity contribution in [1.29, 1.82) is 0 Å². The Kier molecular flexibility index (Phi) is 5.19. The molecule has 0 amide bonds. The highest BCUT2D eigenvalue weighted by molar-refractivity contribution is 8.06. The van der Waals surface area contributed by atoms with Gasteiger partial charge >= 0.3 is 0 Å². The summed E-state index contributed by atoms with van der Waals surface area (Å²) in [5.41, 5.74) is 0.814. The Morgan fingerprint density at radius 3 is 2.88 bits per heavy atom. The van der Waals surface area contributed by atoms with Crippen LogP contribution >= 0.6 is 23.5 Å². The number of hydrogen-bond donors (Lipinski definition) is 1. The minimum absolute atomic E-state index is 0.0883. The molecule has 2 rings (SSSR count). The maximum atomic E-state index is 13.9. The number of nitrogens with one attached hydrogen (secondary N) is 1. The lowest BCUT2D eigenvalue weighted by molar-refractivity contribution is 0.511. The van der Waals surface area contributed by atoms with Crippen molar-refractivity contribution >= 4 is 23.5 Å². The lowest BCUT2D eigenvalue weighted by atomic mass is 10.0. The molecule has 0 saturated carbocycles. The highest BCUT2D eigenvalue weighted by Gasteiger charge is 2.26. The first-order valence-corrected chi connectivity index (χ1v) is 8.20. The van der Waals surface area contributed by atoms with Crippen LogP contribution < -0.4 is 5.32 Å². The summed E-state index contributed by atoms with van der Waals surface area (Å²) in [6, 6.07) is 7.27. The Balaban J connectivity index is 2.18. The normalized spacial score (nSPS) is 22.4. The van der Waals surface area contributed by atoms with Gasteiger partial charge in [0.05, 0.1) is 0 Å². The first-order valence-electron chi connectivity index (χ1n) is 6.00. The summed E-state index contributed by atoms with van der Waals surface area (Å²) in [5, 5.41) is 3.91. The van der Waals surface area contributed by atoms with Gasteiger partial charge in [-0.3, -0.25) is 0 Å². The van der Waals surface area contributed by atoms with Gasteiger partial charge in [-0.05, 0) is 12.6 Å². The molecular formula is C13H18FNS2. The Labute approximate surface area is 111 Å². The minimum atomic E-state index is -0.0883. The number of rotatable bonds is 4. The Bertz CT molecular complexity index is 353. The molecule has 0 aromatic heterocycles. The van der Waals surface area contributed by atoms with Gasteiger partial charge in [-0.1, -0.05) is 25.1 Å². The van der Waals surface area contributed by atoms with Gasteiger partial charge in [0.25, 0.3) is 0 Å². The summed E-state index contributed by atoms with van der Waals surface area (Å²) in [7, 11) is 0. The molecule has 1 aliphatic heterocycles. The fraction of sp³-hybridized carbons (Fsp3) is 0.538. The molecule has 0 aliphatic carbocycles. The Morgan fingerprint density at radius 1 is 1.41 bits per heavy atom. The van der Waals surface area contributed by atoms with Crippen LogP contribution in [0.1, 0.15) is 18.5 Å². The van der Waals surface area contributed by atoms with E-state index in [1.165, 1.54) is 11.5 Å². The zero-order valence-electron chi connectivity index (χ0n) is 9.99. The van der Waals surface area contributed by atoms with Crippen molar-refractivity contribution in [1.82, 2.24) is 5.32 Å². The van der Waals surface area contributed by atoms with Gasteiger partial charge in [0.15, 0.2) is 0 Å². The largest absolute Gasteiger partial charge is 0.309 e. The monoisotopic (exact) mass is 271 g/mol. The van der Waals surface area contributed by atoms with Crippen LogP contribution in [0.15, 0.2) is 24.3 Å². The lowest BCUT2D eigenvalue weighted by Crippen LogP contribution is -2.34. The smallest absolute Gasteiger partial charge is 0.128 e. The molecular weight excluding hydrogens is 253 g/mol. The molecule has 2 atom stereocenters. The van der Waals surface area contributed by atoms with E-state index in [4.69, 9.17) is 0 Å². The second kappa shape index (κ2) is 6.66. The molecule has 1 aromatic rings.